The number of likely N-dealkylation sites (N-methyl/N-ethyl adjacent to an activating group) is 1. The van der Waals surface area contributed by atoms with Gasteiger partial charge in [-0.3, -0.25) is 0 Å². The lowest BCUT2D eigenvalue weighted by Crippen LogP contribution is -2.35. The summed E-state index contributed by atoms with van der Waals surface area (Å²) in [7, 11) is 2.10. The quantitative estimate of drug-likeness (QED) is 0.838. The summed E-state index contributed by atoms with van der Waals surface area (Å²) in [6.45, 7) is 0. The van der Waals surface area contributed by atoms with Gasteiger partial charge in [-0.25, -0.2) is 0 Å². The summed E-state index contributed by atoms with van der Waals surface area (Å²) >= 11 is 5.50. The van der Waals surface area contributed by atoms with Crippen molar-refractivity contribution in [2.45, 2.75) is 37.6 Å². The minimum Gasteiger partial charge on any atom is -0.316 e. The van der Waals surface area contributed by atoms with Crippen LogP contribution in [0.15, 0.2) is 40.2 Å². The molecule has 1 N–H and O–H groups in total. The van der Waals surface area contributed by atoms with E-state index in [2.05, 4.69) is 64.0 Å². The van der Waals surface area contributed by atoms with E-state index in [0.717, 1.165) is 6.42 Å². The van der Waals surface area contributed by atoms with Gasteiger partial charge in [-0.1, -0.05) is 28.1 Å². The molecule has 1 nitrogen and oxygen atoms in total. The van der Waals surface area contributed by atoms with Crippen molar-refractivity contribution in [2.24, 2.45) is 0 Å². The molecule has 0 amide bonds. The van der Waals surface area contributed by atoms with Gasteiger partial charge in [-0.2, -0.15) is 0 Å². The molecule has 0 saturated heterocycles. The molecule has 0 fully saturated rings. The van der Waals surface area contributed by atoms with Crippen molar-refractivity contribution >= 4 is 27.3 Å². The predicted molar refractivity (Wildman–Crippen MR) is 90.7 cm³/mol. The van der Waals surface area contributed by atoms with Crippen LogP contribution in [0, 0.1) is 0 Å². The smallest absolute Gasteiger partial charge is 0.0178 e. The topological polar surface area (TPSA) is 12.0 Å². The van der Waals surface area contributed by atoms with E-state index >= 15 is 0 Å². The second-order valence-corrected chi connectivity index (χ2v) is 7.44. The number of nitrogens with one attached hydrogen (secondary N) is 1. The van der Waals surface area contributed by atoms with Crippen molar-refractivity contribution in [3.63, 3.8) is 0 Å². The Hall–Kier alpha value is -0.640. The van der Waals surface area contributed by atoms with Gasteiger partial charge < -0.3 is 5.32 Å². The van der Waals surface area contributed by atoms with Gasteiger partial charge in [0.15, 0.2) is 0 Å². The molecule has 0 aliphatic heterocycles. The van der Waals surface area contributed by atoms with E-state index < -0.39 is 0 Å². The van der Waals surface area contributed by atoms with Crippen molar-refractivity contribution < 1.29 is 0 Å². The Labute approximate surface area is 133 Å². The van der Waals surface area contributed by atoms with Crippen molar-refractivity contribution in [3.05, 3.63) is 56.2 Å². The lowest BCUT2D eigenvalue weighted by Gasteiger charge is -2.30. The molecule has 0 saturated carbocycles. The first kappa shape index (κ1) is 14.3. The Kier molecular flexibility index (Phi) is 4.59. The van der Waals surface area contributed by atoms with Crippen LogP contribution in [-0.4, -0.2) is 13.1 Å². The molecule has 1 aliphatic carbocycles. The van der Waals surface area contributed by atoms with E-state index in [1.54, 1.807) is 10.4 Å². The monoisotopic (exact) mass is 349 g/mol. The van der Waals surface area contributed by atoms with Crippen LogP contribution in [0.2, 0.25) is 0 Å². The first-order chi connectivity index (χ1) is 9.78. The lowest BCUT2D eigenvalue weighted by atomic mass is 9.80. The number of hydrogen-bond acceptors (Lipinski definition) is 2. The second-order valence-electron chi connectivity index (χ2n) is 5.53. The molecule has 1 aromatic heterocycles. The summed E-state index contributed by atoms with van der Waals surface area (Å²) in [5.41, 5.74) is 3.00. The van der Waals surface area contributed by atoms with Crippen molar-refractivity contribution in [1.82, 2.24) is 5.32 Å². The fourth-order valence-corrected chi connectivity index (χ4v) is 4.75. The summed E-state index contributed by atoms with van der Waals surface area (Å²) in [6.07, 6.45) is 5.00. The normalized spacial score (nSPS) is 19.6. The van der Waals surface area contributed by atoms with E-state index in [9.17, 15) is 0 Å². The Morgan fingerprint density at radius 2 is 2.30 bits per heavy atom. The van der Waals surface area contributed by atoms with Gasteiger partial charge in [0.2, 0.25) is 0 Å². The van der Waals surface area contributed by atoms with Gasteiger partial charge in [0, 0.05) is 21.3 Å². The van der Waals surface area contributed by atoms with Crippen LogP contribution in [-0.2, 0) is 12.8 Å². The summed E-state index contributed by atoms with van der Waals surface area (Å²) in [5.74, 6) is 0.661. The number of hydrogen-bond donors (Lipinski definition) is 1. The number of fused-ring (bicyclic) bond motifs is 1. The van der Waals surface area contributed by atoms with E-state index in [0.29, 0.717) is 12.0 Å². The molecule has 2 aromatic rings. The fourth-order valence-electron chi connectivity index (χ4n) is 3.30. The van der Waals surface area contributed by atoms with Gasteiger partial charge in [0.05, 0.1) is 0 Å². The molecule has 1 aliphatic rings. The molecule has 20 heavy (non-hydrogen) atoms. The summed E-state index contributed by atoms with van der Waals surface area (Å²) in [5, 5.41) is 5.82. The van der Waals surface area contributed by atoms with E-state index in [-0.39, 0.29) is 0 Å². The van der Waals surface area contributed by atoms with Crippen LogP contribution in [0.5, 0.6) is 0 Å². The maximum Gasteiger partial charge on any atom is 0.0178 e. The van der Waals surface area contributed by atoms with Gasteiger partial charge in [0.1, 0.15) is 0 Å². The Morgan fingerprint density at radius 1 is 1.40 bits per heavy atom. The highest BCUT2D eigenvalue weighted by molar-refractivity contribution is 9.10. The third-order valence-electron chi connectivity index (χ3n) is 4.30. The maximum absolute atomic E-state index is 3.57. The number of halogens is 1. The van der Waals surface area contributed by atoms with Crippen LogP contribution < -0.4 is 5.32 Å². The zero-order valence-corrected chi connectivity index (χ0v) is 14.1. The van der Waals surface area contributed by atoms with Crippen LogP contribution in [0.4, 0.5) is 0 Å². The van der Waals surface area contributed by atoms with Crippen molar-refractivity contribution in [3.8, 4) is 0 Å². The standard InChI is InChI=1S/C17H20BrNS/c1-19-16(11-12-4-2-5-13(18)10-12)14-6-3-7-17-15(14)8-9-20-17/h2,4-5,8-10,14,16,19H,3,6-7,11H2,1H3. The highest BCUT2D eigenvalue weighted by atomic mass is 79.9. The molecule has 3 rings (SSSR count). The van der Waals surface area contributed by atoms with Crippen molar-refractivity contribution in [1.29, 1.82) is 0 Å². The van der Waals surface area contributed by atoms with Gasteiger partial charge in [-0.15, -0.1) is 11.3 Å². The number of aryl methyl sites for hydroxylation is 1. The summed E-state index contributed by atoms with van der Waals surface area (Å²) in [6, 6.07) is 11.6. The molecule has 106 valence electrons. The molecule has 2 unspecified atom stereocenters. The highest BCUT2D eigenvalue weighted by Crippen LogP contribution is 2.37. The average molecular weight is 350 g/mol. The Morgan fingerprint density at radius 3 is 3.10 bits per heavy atom. The van der Waals surface area contributed by atoms with Gasteiger partial charge >= 0.3 is 0 Å². The zero-order chi connectivity index (χ0) is 13.9. The number of benzene rings is 1. The van der Waals surface area contributed by atoms with E-state index in [1.165, 1.54) is 29.3 Å². The minimum absolute atomic E-state index is 0.526. The Balaban J connectivity index is 1.81. The van der Waals surface area contributed by atoms with E-state index in [1.807, 2.05) is 11.3 Å². The highest BCUT2D eigenvalue weighted by Gasteiger charge is 2.27. The van der Waals surface area contributed by atoms with Crippen molar-refractivity contribution in [2.75, 3.05) is 7.05 Å². The first-order valence-corrected chi connectivity index (χ1v) is 8.93. The van der Waals surface area contributed by atoms with E-state index in [4.69, 9.17) is 0 Å². The van der Waals surface area contributed by atoms with Gasteiger partial charge in [0.25, 0.3) is 0 Å². The van der Waals surface area contributed by atoms with Crippen LogP contribution in [0.1, 0.15) is 34.8 Å². The first-order valence-electron chi connectivity index (χ1n) is 7.26. The Bertz CT molecular complexity index is 578. The molecule has 2 atom stereocenters. The minimum atomic E-state index is 0.526. The van der Waals surface area contributed by atoms with Crippen LogP contribution in [0.3, 0.4) is 0 Å². The zero-order valence-electron chi connectivity index (χ0n) is 11.7. The average Bonchev–Trinajstić information content (AvgIpc) is 2.93. The lowest BCUT2D eigenvalue weighted by molar-refractivity contribution is 0.414. The molecular formula is C17H20BrNS. The third-order valence-corrected chi connectivity index (χ3v) is 5.79. The maximum atomic E-state index is 3.57. The summed E-state index contributed by atoms with van der Waals surface area (Å²) < 4.78 is 1.17. The molecular weight excluding hydrogens is 330 g/mol. The third kappa shape index (κ3) is 3.00. The fraction of sp³-hybridized carbons (Fsp3) is 0.412. The molecule has 0 radical (unpaired) electrons. The molecule has 1 heterocycles. The second kappa shape index (κ2) is 6.42. The number of thiophene rings is 1. The SMILES string of the molecule is CNC(Cc1cccc(Br)c1)C1CCCc2sccc21. The van der Waals surface area contributed by atoms with Gasteiger partial charge in [-0.05, 0) is 67.4 Å². The predicted octanol–water partition coefficient (Wildman–Crippen LogP) is 4.76. The molecule has 0 bridgehead atoms. The van der Waals surface area contributed by atoms with Crippen LogP contribution in [0.25, 0.3) is 0 Å². The van der Waals surface area contributed by atoms with Crippen LogP contribution >= 0.6 is 27.3 Å². The largest absolute Gasteiger partial charge is 0.316 e. The molecule has 0 spiro atoms. The summed E-state index contributed by atoms with van der Waals surface area (Å²) in [4.78, 5) is 1.61. The number of rotatable bonds is 4. The molecule has 3 heteroatoms. The molecule has 1 aromatic carbocycles.